The van der Waals surface area contributed by atoms with Gasteiger partial charge in [-0.25, -0.2) is 9.79 Å². The highest BCUT2D eigenvalue weighted by atomic mass is 16.7. The van der Waals surface area contributed by atoms with Crippen molar-refractivity contribution >= 4 is 28.8 Å². The summed E-state index contributed by atoms with van der Waals surface area (Å²) in [6.07, 6.45) is -7.49. The zero-order chi connectivity index (χ0) is 23.2. The molecule has 2 aromatic rings. The van der Waals surface area contributed by atoms with E-state index in [1.807, 2.05) is 6.92 Å². The molecule has 0 unspecified atom stereocenters. The second kappa shape index (κ2) is 8.39. The number of aliphatic hydroxyl groups excluding tert-OH is 3. The van der Waals surface area contributed by atoms with Crippen LogP contribution in [0.3, 0.4) is 0 Å². The standard InChI is InChI=1S/C20H23N3O9/c1-7(15-17(27)23-20(21-2)32-15)10-6-22-11-5-8(3-4-9(10)11)30-19-14(26)12(24)13(25)16(31-19)18(28)29/h3-7,12-16,19,22,24-26H,1-2H3,(H,28,29)(H,21,23,27)/t7-,12+,13+,14-,15+,16+,19-/m1/s1. The Morgan fingerprint density at radius 2 is 1.97 bits per heavy atom. The number of carbonyl (C=O) groups is 2. The number of carboxylic acid groups (broad SMARTS) is 1. The van der Waals surface area contributed by atoms with Gasteiger partial charge in [-0.3, -0.25) is 10.1 Å². The molecule has 1 aromatic carbocycles. The van der Waals surface area contributed by atoms with Crippen molar-refractivity contribution in [2.24, 2.45) is 4.99 Å². The molecule has 2 fully saturated rings. The van der Waals surface area contributed by atoms with Crippen molar-refractivity contribution in [1.29, 1.82) is 0 Å². The first-order valence-electron chi connectivity index (χ1n) is 9.85. The van der Waals surface area contributed by atoms with Gasteiger partial charge in [-0.1, -0.05) is 6.92 Å². The molecule has 0 spiro atoms. The fourth-order valence-corrected chi connectivity index (χ4v) is 3.84. The summed E-state index contributed by atoms with van der Waals surface area (Å²) in [6.45, 7) is 1.85. The number of aliphatic imine (C=N–C) groups is 1. The third-order valence-electron chi connectivity index (χ3n) is 5.63. The molecule has 3 heterocycles. The molecule has 2 saturated heterocycles. The number of fused-ring (bicyclic) bond motifs is 1. The van der Waals surface area contributed by atoms with Crippen LogP contribution in [0.1, 0.15) is 18.4 Å². The van der Waals surface area contributed by atoms with Crippen LogP contribution in [-0.4, -0.2) is 87.2 Å². The van der Waals surface area contributed by atoms with Crippen LogP contribution in [0.2, 0.25) is 0 Å². The van der Waals surface area contributed by atoms with E-state index >= 15 is 0 Å². The van der Waals surface area contributed by atoms with E-state index in [0.717, 1.165) is 10.9 Å². The number of aromatic nitrogens is 1. The molecule has 172 valence electrons. The van der Waals surface area contributed by atoms with E-state index in [2.05, 4.69) is 15.3 Å². The smallest absolute Gasteiger partial charge is 0.335 e. The van der Waals surface area contributed by atoms with Crippen LogP contribution in [0.4, 0.5) is 0 Å². The van der Waals surface area contributed by atoms with Crippen LogP contribution >= 0.6 is 0 Å². The molecule has 1 aromatic heterocycles. The lowest BCUT2D eigenvalue weighted by molar-refractivity contribution is -0.271. The Bertz CT molecular complexity index is 1070. The maximum Gasteiger partial charge on any atom is 0.335 e. The van der Waals surface area contributed by atoms with Crippen molar-refractivity contribution in [2.45, 2.75) is 49.7 Å². The highest BCUT2D eigenvalue weighted by Crippen LogP contribution is 2.33. The van der Waals surface area contributed by atoms with Crippen LogP contribution in [0.25, 0.3) is 10.9 Å². The lowest BCUT2D eigenvalue weighted by atomic mass is 9.94. The van der Waals surface area contributed by atoms with Crippen molar-refractivity contribution < 1.29 is 44.2 Å². The van der Waals surface area contributed by atoms with Gasteiger partial charge in [0.1, 0.15) is 24.1 Å². The second-order valence-electron chi connectivity index (χ2n) is 7.65. The molecule has 7 atom stereocenters. The van der Waals surface area contributed by atoms with Gasteiger partial charge in [-0.15, -0.1) is 0 Å². The third kappa shape index (κ3) is 3.77. The number of H-pyrrole nitrogens is 1. The van der Waals surface area contributed by atoms with E-state index < -0.39 is 42.8 Å². The number of aromatic amines is 1. The van der Waals surface area contributed by atoms with Crippen molar-refractivity contribution in [3.63, 3.8) is 0 Å². The largest absolute Gasteiger partial charge is 0.479 e. The second-order valence-corrected chi connectivity index (χ2v) is 7.65. The molecule has 4 rings (SSSR count). The van der Waals surface area contributed by atoms with Gasteiger partial charge in [0.15, 0.2) is 12.2 Å². The van der Waals surface area contributed by atoms with E-state index in [4.69, 9.17) is 19.3 Å². The molecule has 12 nitrogen and oxygen atoms in total. The molecule has 12 heteroatoms. The molecule has 0 aliphatic carbocycles. The van der Waals surface area contributed by atoms with Crippen LogP contribution in [-0.2, 0) is 19.1 Å². The lowest BCUT2D eigenvalue weighted by Crippen LogP contribution is -2.61. The Balaban J connectivity index is 1.54. The molecular formula is C20H23N3O9. The van der Waals surface area contributed by atoms with Gasteiger partial charge in [-0.05, 0) is 17.7 Å². The average Bonchev–Trinajstić information content (AvgIpc) is 3.36. The number of nitrogens with one attached hydrogen (secondary N) is 2. The number of ether oxygens (including phenoxy) is 3. The zero-order valence-electron chi connectivity index (χ0n) is 17.1. The number of benzene rings is 1. The number of hydrogen-bond acceptors (Lipinski definition) is 9. The predicted molar refractivity (Wildman–Crippen MR) is 108 cm³/mol. The Morgan fingerprint density at radius 1 is 1.22 bits per heavy atom. The number of nitrogens with zero attached hydrogens (tertiary/aromatic N) is 1. The highest BCUT2D eigenvalue weighted by Gasteiger charge is 2.48. The highest BCUT2D eigenvalue weighted by molar-refractivity contribution is 6.02. The summed E-state index contributed by atoms with van der Waals surface area (Å²) in [5.74, 6) is -1.86. The monoisotopic (exact) mass is 449 g/mol. The molecule has 1 amide bonds. The number of rotatable bonds is 5. The minimum atomic E-state index is -1.80. The number of carbonyl (C=O) groups excluding carboxylic acids is 1. The van der Waals surface area contributed by atoms with E-state index in [1.165, 1.54) is 7.05 Å². The van der Waals surface area contributed by atoms with Gasteiger partial charge < -0.3 is 39.6 Å². The quantitative estimate of drug-likeness (QED) is 0.335. The number of amidine groups is 1. The van der Waals surface area contributed by atoms with Gasteiger partial charge in [0, 0.05) is 36.1 Å². The maximum atomic E-state index is 12.2. The Labute approximate surface area is 181 Å². The molecular weight excluding hydrogens is 426 g/mol. The summed E-state index contributed by atoms with van der Waals surface area (Å²) in [7, 11) is 1.52. The molecule has 2 aliphatic rings. The first kappa shape index (κ1) is 22.0. The summed E-state index contributed by atoms with van der Waals surface area (Å²) in [5.41, 5.74) is 1.47. The summed E-state index contributed by atoms with van der Waals surface area (Å²) in [4.78, 5) is 30.4. The minimum absolute atomic E-state index is 0.167. The van der Waals surface area contributed by atoms with Crippen LogP contribution in [0.5, 0.6) is 5.75 Å². The van der Waals surface area contributed by atoms with Crippen molar-refractivity contribution in [2.75, 3.05) is 7.05 Å². The number of hydrogen-bond donors (Lipinski definition) is 6. The molecule has 0 bridgehead atoms. The number of aliphatic hydroxyl groups is 3. The van der Waals surface area contributed by atoms with Crippen molar-refractivity contribution in [1.82, 2.24) is 10.3 Å². The van der Waals surface area contributed by atoms with Gasteiger partial charge >= 0.3 is 5.97 Å². The van der Waals surface area contributed by atoms with Crippen LogP contribution in [0, 0.1) is 0 Å². The minimum Gasteiger partial charge on any atom is -0.479 e. The zero-order valence-corrected chi connectivity index (χ0v) is 17.1. The number of amides is 1. The van der Waals surface area contributed by atoms with Crippen molar-refractivity contribution in [3.05, 3.63) is 30.0 Å². The third-order valence-corrected chi connectivity index (χ3v) is 5.63. The summed E-state index contributed by atoms with van der Waals surface area (Å²) in [6, 6.07) is 5.07. The van der Waals surface area contributed by atoms with Gasteiger partial charge in [0.25, 0.3) is 11.9 Å². The fraction of sp³-hybridized carbons (Fsp3) is 0.450. The van der Waals surface area contributed by atoms with Crippen molar-refractivity contribution in [3.8, 4) is 5.75 Å². The van der Waals surface area contributed by atoms with Gasteiger partial charge in [0.05, 0.1) is 0 Å². The van der Waals surface area contributed by atoms with Gasteiger partial charge in [0.2, 0.25) is 6.29 Å². The molecule has 6 N–H and O–H groups in total. The maximum absolute atomic E-state index is 12.2. The fourth-order valence-electron chi connectivity index (χ4n) is 3.84. The Kier molecular flexibility index (Phi) is 5.77. The van der Waals surface area contributed by atoms with Crippen LogP contribution < -0.4 is 10.1 Å². The topological polar surface area (TPSA) is 183 Å². The predicted octanol–water partition coefficient (Wildman–Crippen LogP) is -0.957. The van der Waals surface area contributed by atoms with E-state index in [1.54, 1.807) is 24.4 Å². The van der Waals surface area contributed by atoms with Gasteiger partial charge in [-0.2, -0.15) is 0 Å². The average molecular weight is 449 g/mol. The normalized spacial score (nSPS) is 32.5. The summed E-state index contributed by atoms with van der Waals surface area (Å²) >= 11 is 0. The van der Waals surface area contributed by atoms with E-state index in [-0.39, 0.29) is 23.6 Å². The SMILES string of the molecule is CN=C1NC(=O)[C@H]([C@H](C)c2c[nH]c3cc(O[C@@H]4O[C@H](C(=O)O)[C@@H](O)[C@H](O)[C@H]4O)ccc23)O1. The van der Waals surface area contributed by atoms with E-state index in [0.29, 0.717) is 5.52 Å². The Hall–Kier alpha value is -3.19. The molecule has 0 saturated carbocycles. The Morgan fingerprint density at radius 3 is 2.62 bits per heavy atom. The first-order chi connectivity index (χ1) is 15.2. The molecule has 32 heavy (non-hydrogen) atoms. The molecule has 0 radical (unpaired) electrons. The van der Waals surface area contributed by atoms with E-state index in [9.17, 15) is 24.9 Å². The summed E-state index contributed by atoms with van der Waals surface area (Å²) in [5, 5.41) is 42.3. The molecule has 2 aliphatic heterocycles. The first-order valence-corrected chi connectivity index (χ1v) is 9.85. The summed E-state index contributed by atoms with van der Waals surface area (Å²) < 4.78 is 16.3. The number of aliphatic carboxylic acids is 1. The lowest BCUT2D eigenvalue weighted by Gasteiger charge is -2.38. The number of carboxylic acids is 1. The van der Waals surface area contributed by atoms with Crippen LogP contribution in [0.15, 0.2) is 29.4 Å².